The Balaban J connectivity index is 1.98. The first-order chi connectivity index (χ1) is 15.8. The van der Waals surface area contributed by atoms with Crippen molar-refractivity contribution >= 4 is 5.78 Å². The van der Waals surface area contributed by atoms with E-state index in [4.69, 9.17) is 9.47 Å². The molecule has 7 heteroatoms. The van der Waals surface area contributed by atoms with E-state index in [1.165, 1.54) is 6.92 Å². The highest BCUT2D eigenvalue weighted by Crippen LogP contribution is 2.26. The zero-order valence-electron chi connectivity index (χ0n) is 19.1. The first-order valence-corrected chi connectivity index (χ1v) is 10.6. The molecule has 0 saturated carbocycles. The van der Waals surface area contributed by atoms with Gasteiger partial charge in [-0.05, 0) is 74.7 Å². The van der Waals surface area contributed by atoms with Crippen LogP contribution in [0.25, 0.3) is 0 Å². The third-order valence-corrected chi connectivity index (χ3v) is 5.30. The molecule has 1 N–H and O–H groups in total. The third kappa shape index (κ3) is 5.07. The Morgan fingerprint density at radius 2 is 1.70 bits per heavy atom. The normalized spacial score (nSPS) is 10.7. The number of methoxy groups -OCH3 is 1. The van der Waals surface area contributed by atoms with Crippen LogP contribution in [0.15, 0.2) is 53.3 Å². The van der Waals surface area contributed by atoms with Crippen molar-refractivity contribution in [1.82, 2.24) is 4.57 Å². The molecule has 3 aromatic rings. The maximum atomic E-state index is 13.3. The number of ketones is 1. The Morgan fingerprint density at radius 3 is 2.24 bits per heavy atom. The third-order valence-electron chi connectivity index (χ3n) is 5.30. The van der Waals surface area contributed by atoms with Crippen LogP contribution in [-0.4, -0.2) is 28.7 Å². The lowest BCUT2D eigenvalue weighted by Crippen LogP contribution is -2.27. The van der Waals surface area contributed by atoms with Gasteiger partial charge in [0.25, 0.3) is 5.56 Å². The minimum absolute atomic E-state index is 0.00899. The number of carbonyl (C=O) groups excluding carboxylic acids is 1. The van der Waals surface area contributed by atoms with E-state index in [2.05, 4.69) is 0 Å². The number of nitriles is 1. The summed E-state index contributed by atoms with van der Waals surface area (Å²) in [7, 11) is 1.58. The van der Waals surface area contributed by atoms with E-state index in [0.29, 0.717) is 23.5 Å². The topological polar surface area (TPSA) is 102 Å². The molecule has 3 rings (SSSR count). The number of nitrogens with zero attached hydrogens (tertiary/aromatic N) is 2. The highest BCUT2D eigenvalue weighted by atomic mass is 16.5. The minimum atomic E-state index is -0.627. The SMILES string of the molecule is COc1ccc(CCn2c(O)c(C(=O)c3ccc(OC(C)C)cc3)c(C)c(C#N)c2=O)cc1. The molecule has 0 amide bonds. The number of aryl methyl sites for hydroxylation is 1. The Bertz CT molecular complexity index is 1250. The lowest BCUT2D eigenvalue weighted by molar-refractivity contribution is 0.103. The summed E-state index contributed by atoms with van der Waals surface area (Å²) in [4.78, 5) is 26.1. The van der Waals surface area contributed by atoms with Crippen molar-refractivity contribution < 1.29 is 19.4 Å². The van der Waals surface area contributed by atoms with Crippen LogP contribution in [0.2, 0.25) is 0 Å². The summed E-state index contributed by atoms with van der Waals surface area (Å²) in [5.41, 5.74) is 0.541. The molecule has 170 valence electrons. The maximum Gasteiger partial charge on any atom is 0.271 e. The molecule has 7 nitrogen and oxygen atoms in total. The Hall–Kier alpha value is -4.05. The zero-order valence-corrected chi connectivity index (χ0v) is 19.1. The molecule has 33 heavy (non-hydrogen) atoms. The second kappa shape index (κ2) is 10.0. The molecule has 0 bridgehead atoms. The van der Waals surface area contributed by atoms with Crippen LogP contribution in [0.3, 0.4) is 0 Å². The molecule has 2 aromatic carbocycles. The van der Waals surface area contributed by atoms with Crippen molar-refractivity contribution in [3.8, 4) is 23.4 Å². The summed E-state index contributed by atoms with van der Waals surface area (Å²) in [6.45, 7) is 5.41. The highest BCUT2D eigenvalue weighted by Gasteiger charge is 2.25. The lowest BCUT2D eigenvalue weighted by Gasteiger charge is -2.16. The molecule has 0 unspecified atom stereocenters. The molecule has 0 aliphatic heterocycles. The van der Waals surface area contributed by atoms with Gasteiger partial charge in [0.05, 0.1) is 18.8 Å². The number of pyridine rings is 1. The van der Waals surface area contributed by atoms with Gasteiger partial charge >= 0.3 is 0 Å². The number of hydrogen-bond acceptors (Lipinski definition) is 6. The second-order valence-electron chi connectivity index (χ2n) is 7.89. The molecular weight excluding hydrogens is 420 g/mol. The van der Waals surface area contributed by atoms with E-state index in [0.717, 1.165) is 10.1 Å². The average Bonchev–Trinajstić information content (AvgIpc) is 2.79. The summed E-state index contributed by atoms with van der Waals surface area (Å²) < 4.78 is 11.8. The molecule has 0 aliphatic carbocycles. The van der Waals surface area contributed by atoms with Crippen molar-refractivity contribution in [3.05, 3.63) is 86.7 Å². The second-order valence-corrected chi connectivity index (χ2v) is 7.89. The van der Waals surface area contributed by atoms with E-state index in [-0.39, 0.29) is 29.3 Å². The summed E-state index contributed by atoms with van der Waals surface area (Å²) >= 11 is 0. The molecule has 0 fully saturated rings. The van der Waals surface area contributed by atoms with Gasteiger partial charge in [0.2, 0.25) is 5.88 Å². The molecule has 1 aromatic heterocycles. The van der Waals surface area contributed by atoms with Crippen molar-refractivity contribution in [2.45, 2.75) is 39.8 Å². The van der Waals surface area contributed by atoms with Gasteiger partial charge in [-0.25, -0.2) is 0 Å². The zero-order chi connectivity index (χ0) is 24.1. The number of aromatic nitrogens is 1. The van der Waals surface area contributed by atoms with Crippen LogP contribution in [0.5, 0.6) is 17.4 Å². The van der Waals surface area contributed by atoms with E-state index in [1.807, 2.05) is 32.0 Å². The number of hydrogen-bond donors (Lipinski definition) is 1. The Labute approximate surface area is 192 Å². The highest BCUT2D eigenvalue weighted by molar-refractivity contribution is 6.11. The van der Waals surface area contributed by atoms with Crippen LogP contribution in [-0.2, 0) is 13.0 Å². The molecular formula is C26H26N2O5. The van der Waals surface area contributed by atoms with Gasteiger partial charge < -0.3 is 14.6 Å². The predicted octanol–water partition coefficient (Wildman–Crippen LogP) is 4.00. The fourth-order valence-electron chi connectivity index (χ4n) is 3.56. The molecule has 0 atom stereocenters. The summed E-state index contributed by atoms with van der Waals surface area (Å²) in [6.07, 6.45) is 0.408. The van der Waals surface area contributed by atoms with E-state index in [9.17, 15) is 20.0 Å². The largest absolute Gasteiger partial charge is 0.497 e. The van der Waals surface area contributed by atoms with Gasteiger partial charge in [-0.2, -0.15) is 5.26 Å². The quantitative estimate of drug-likeness (QED) is 0.525. The van der Waals surface area contributed by atoms with Crippen LogP contribution in [0.4, 0.5) is 0 Å². The smallest absolute Gasteiger partial charge is 0.271 e. The van der Waals surface area contributed by atoms with Gasteiger partial charge in [0, 0.05) is 12.1 Å². The number of rotatable bonds is 8. The van der Waals surface area contributed by atoms with Crippen molar-refractivity contribution in [1.29, 1.82) is 5.26 Å². The molecule has 0 radical (unpaired) electrons. The fraction of sp³-hybridized carbons (Fsp3) is 0.269. The number of carbonyl (C=O) groups is 1. The standard InChI is InChI=1S/C26H26N2O5/c1-16(2)33-21-11-7-19(8-12-21)24(29)23-17(3)22(15-27)25(30)28(26(23)31)14-13-18-5-9-20(32-4)10-6-18/h5-12,16,31H,13-14H2,1-4H3. The fourth-order valence-corrected chi connectivity index (χ4v) is 3.56. The van der Waals surface area contributed by atoms with Crippen molar-refractivity contribution in [2.75, 3.05) is 7.11 Å². The molecule has 0 spiro atoms. The average molecular weight is 447 g/mol. The summed E-state index contributed by atoms with van der Waals surface area (Å²) in [6, 6.07) is 15.7. The van der Waals surface area contributed by atoms with Crippen LogP contribution in [0, 0.1) is 18.3 Å². The van der Waals surface area contributed by atoms with E-state index < -0.39 is 17.2 Å². The summed E-state index contributed by atoms with van der Waals surface area (Å²) in [5, 5.41) is 20.5. The number of aromatic hydroxyl groups is 1. The first-order valence-electron chi connectivity index (χ1n) is 10.6. The van der Waals surface area contributed by atoms with Crippen LogP contribution >= 0.6 is 0 Å². The van der Waals surface area contributed by atoms with Gasteiger partial charge in [-0.15, -0.1) is 0 Å². The van der Waals surface area contributed by atoms with Gasteiger partial charge in [-0.3, -0.25) is 14.2 Å². The van der Waals surface area contributed by atoms with E-state index >= 15 is 0 Å². The summed E-state index contributed by atoms with van der Waals surface area (Å²) in [5.74, 6) is 0.400. The van der Waals surface area contributed by atoms with Crippen LogP contribution < -0.4 is 15.0 Å². The van der Waals surface area contributed by atoms with Crippen molar-refractivity contribution in [2.24, 2.45) is 0 Å². The van der Waals surface area contributed by atoms with Gasteiger partial charge in [-0.1, -0.05) is 12.1 Å². The Morgan fingerprint density at radius 1 is 1.09 bits per heavy atom. The first kappa shape index (κ1) is 23.6. The monoisotopic (exact) mass is 446 g/mol. The number of ether oxygens (including phenoxy) is 2. The van der Waals surface area contributed by atoms with E-state index in [1.54, 1.807) is 43.5 Å². The number of benzene rings is 2. The predicted molar refractivity (Wildman–Crippen MR) is 124 cm³/mol. The van der Waals surface area contributed by atoms with Gasteiger partial charge in [0.15, 0.2) is 5.78 Å². The lowest BCUT2D eigenvalue weighted by atomic mass is 9.97. The minimum Gasteiger partial charge on any atom is -0.497 e. The molecule has 0 saturated heterocycles. The van der Waals surface area contributed by atoms with Crippen molar-refractivity contribution in [3.63, 3.8) is 0 Å². The van der Waals surface area contributed by atoms with Gasteiger partial charge in [0.1, 0.15) is 23.1 Å². The maximum absolute atomic E-state index is 13.3. The van der Waals surface area contributed by atoms with Crippen LogP contribution in [0.1, 0.15) is 46.5 Å². The Kier molecular flexibility index (Phi) is 7.19. The molecule has 0 aliphatic rings. The molecule has 1 heterocycles.